The van der Waals surface area contributed by atoms with Crippen LogP contribution in [-0.4, -0.2) is 21.8 Å². The molecule has 3 aromatic rings. The van der Waals surface area contributed by atoms with Gasteiger partial charge < -0.3 is 9.84 Å². The molecule has 7 nitrogen and oxygen atoms in total. The quantitative estimate of drug-likeness (QED) is 0.718. The Labute approximate surface area is 152 Å². The molecule has 2 heterocycles. The van der Waals surface area contributed by atoms with Crippen LogP contribution >= 0.6 is 0 Å². The smallest absolute Gasteiger partial charge is 0.335 e. The lowest BCUT2D eigenvalue weighted by Crippen LogP contribution is -2.30. The fraction of sp³-hybridized carbons (Fsp3) is 0.0500. The van der Waals surface area contributed by atoms with E-state index >= 15 is 0 Å². The summed E-state index contributed by atoms with van der Waals surface area (Å²) in [7, 11) is 1.50. The van der Waals surface area contributed by atoms with Crippen LogP contribution in [0, 0.1) is 0 Å². The number of nitrogens with zero attached hydrogens (tertiary/aromatic N) is 2. The van der Waals surface area contributed by atoms with Gasteiger partial charge in [0.2, 0.25) is 5.88 Å². The first-order valence-corrected chi connectivity index (χ1v) is 8.17. The third-order valence-electron chi connectivity index (χ3n) is 4.21. The maximum Gasteiger partial charge on any atom is 0.335 e. The number of allylic oxidation sites excluding steroid dienone is 1. The van der Waals surface area contributed by atoms with Crippen LogP contribution in [0.1, 0.15) is 5.56 Å². The molecule has 0 radical (unpaired) electrons. The minimum atomic E-state index is -0.747. The molecule has 134 valence electrons. The largest absolute Gasteiger partial charge is 0.497 e. The van der Waals surface area contributed by atoms with E-state index in [4.69, 9.17) is 4.74 Å². The van der Waals surface area contributed by atoms with Crippen LogP contribution in [0.5, 0.6) is 11.6 Å². The maximum absolute atomic E-state index is 12.3. The molecule has 0 unspecified atom stereocenters. The molecule has 1 aromatic heterocycles. The Hall–Kier alpha value is -3.87. The van der Waals surface area contributed by atoms with E-state index in [1.165, 1.54) is 13.2 Å². The van der Waals surface area contributed by atoms with Gasteiger partial charge in [-0.25, -0.2) is 14.4 Å². The second-order valence-corrected chi connectivity index (χ2v) is 5.92. The Bertz CT molecular complexity index is 1280. The number of nitrogens with one attached hydrogen (secondary N) is 1. The van der Waals surface area contributed by atoms with Gasteiger partial charge >= 0.3 is 5.69 Å². The average molecular weight is 361 g/mol. The first-order chi connectivity index (χ1) is 13.1. The van der Waals surface area contributed by atoms with Gasteiger partial charge in [0, 0.05) is 11.3 Å². The number of methoxy groups -OCH3 is 1. The minimum absolute atomic E-state index is 0.0553. The molecule has 0 amide bonds. The van der Waals surface area contributed by atoms with Crippen LogP contribution in [0.15, 0.2) is 68.8 Å². The Balaban J connectivity index is 1.91. The van der Waals surface area contributed by atoms with Crippen molar-refractivity contribution in [1.29, 1.82) is 0 Å². The lowest BCUT2D eigenvalue weighted by molar-refractivity contribution is 0.412. The summed E-state index contributed by atoms with van der Waals surface area (Å²) in [5.74, 6) is 0.0449. The van der Waals surface area contributed by atoms with E-state index < -0.39 is 17.1 Å². The number of hydrogen-bond donors (Lipinski definition) is 2. The summed E-state index contributed by atoms with van der Waals surface area (Å²) in [6.45, 7) is 0. The van der Waals surface area contributed by atoms with Gasteiger partial charge in [0.1, 0.15) is 11.3 Å². The van der Waals surface area contributed by atoms with Crippen molar-refractivity contribution < 1.29 is 9.84 Å². The van der Waals surface area contributed by atoms with Gasteiger partial charge in [-0.15, -0.1) is 0 Å². The molecule has 2 aromatic carbocycles. The number of ether oxygens (including phenoxy) is 1. The van der Waals surface area contributed by atoms with Crippen molar-refractivity contribution in [2.24, 2.45) is 4.99 Å². The molecule has 1 aliphatic rings. The molecule has 27 heavy (non-hydrogen) atoms. The van der Waals surface area contributed by atoms with Gasteiger partial charge in [0.15, 0.2) is 0 Å². The van der Waals surface area contributed by atoms with Crippen LogP contribution in [0.2, 0.25) is 0 Å². The van der Waals surface area contributed by atoms with Gasteiger partial charge in [-0.1, -0.05) is 24.3 Å². The molecule has 0 atom stereocenters. The summed E-state index contributed by atoms with van der Waals surface area (Å²) in [5.41, 5.74) is -0.622. The highest BCUT2D eigenvalue weighted by Crippen LogP contribution is 2.22. The van der Waals surface area contributed by atoms with Crippen molar-refractivity contribution in [3.63, 3.8) is 0 Å². The molecule has 0 saturated carbocycles. The highest BCUT2D eigenvalue weighted by Gasteiger charge is 2.15. The van der Waals surface area contributed by atoms with Crippen molar-refractivity contribution in [1.82, 2.24) is 9.55 Å². The van der Waals surface area contributed by atoms with E-state index in [2.05, 4.69) is 9.98 Å². The fourth-order valence-electron chi connectivity index (χ4n) is 2.92. The summed E-state index contributed by atoms with van der Waals surface area (Å²) in [5, 5.41) is 12.3. The van der Waals surface area contributed by atoms with Crippen LogP contribution in [0.4, 0.5) is 0 Å². The van der Waals surface area contributed by atoms with Crippen molar-refractivity contribution in [2.75, 3.05) is 7.11 Å². The molecule has 7 heteroatoms. The molecule has 1 aliphatic heterocycles. The SMILES string of the molecule is COc1cccc(-n2c(O)c(/C=C3\C=c4ccccc4=N3)c(=O)[nH]c2=O)c1. The van der Waals surface area contributed by atoms with Crippen molar-refractivity contribution in [2.45, 2.75) is 0 Å². The van der Waals surface area contributed by atoms with Gasteiger partial charge in [0.25, 0.3) is 5.56 Å². The van der Waals surface area contributed by atoms with Crippen molar-refractivity contribution in [3.05, 3.63) is 91.2 Å². The van der Waals surface area contributed by atoms with Gasteiger partial charge in [-0.2, -0.15) is 0 Å². The molecular formula is C20H15N3O4. The number of benzene rings is 2. The number of fused-ring (bicyclic) bond motifs is 1. The van der Waals surface area contributed by atoms with E-state index in [0.29, 0.717) is 17.1 Å². The Kier molecular flexibility index (Phi) is 3.97. The van der Waals surface area contributed by atoms with E-state index in [-0.39, 0.29) is 5.56 Å². The van der Waals surface area contributed by atoms with Crippen LogP contribution < -0.4 is 26.6 Å². The zero-order valence-corrected chi connectivity index (χ0v) is 14.3. The normalized spacial score (nSPS) is 13.7. The average Bonchev–Trinajstić information content (AvgIpc) is 3.08. The van der Waals surface area contributed by atoms with Gasteiger partial charge in [-0.05, 0) is 30.4 Å². The zero-order chi connectivity index (χ0) is 19.0. The summed E-state index contributed by atoms with van der Waals surface area (Å²) in [6, 6.07) is 14.1. The van der Waals surface area contributed by atoms with Crippen LogP contribution in [0.3, 0.4) is 0 Å². The van der Waals surface area contributed by atoms with E-state index in [9.17, 15) is 14.7 Å². The third-order valence-corrected chi connectivity index (χ3v) is 4.21. The number of rotatable bonds is 3. The fourth-order valence-corrected chi connectivity index (χ4v) is 2.92. The first-order valence-electron chi connectivity index (χ1n) is 8.17. The maximum atomic E-state index is 12.3. The van der Waals surface area contributed by atoms with E-state index in [1.807, 2.05) is 24.3 Å². The molecule has 0 aliphatic carbocycles. The number of aromatic nitrogens is 2. The molecule has 0 spiro atoms. The minimum Gasteiger partial charge on any atom is -0.497 e. The Morgan fingerprint density at radius 3 is 2.74 bits per heavy atom. The topological polar surface area (TPSA) is 96.7 Å². The summed E-state index contributed by atoms with van der Waals surface area (Å²) < 4.78 is 6.16. The predicted molar refractivity (Wildman–Crippen MR) is 101 cm³/mol. The second kappa shape index (κ2) is 6.45. The Morgan fingerprint density at radius 2 is 1.96 bits per heavy atom. The van der Waals surface area contributed by atoms with Gasteiger partial charge in [-0.3, -0.25) is 9.78 Å². The molecule has 0 bridgehead atoms. The number of aromatic hydroxyl groups is 1. The number of para-hydroxylation sites is 1. The zero-order valence-electron chi connectivity index (χ0n) is 14.3. The molecular weight excluding hydrogens is 346 g/mol. The van der Waals surface area contributed by atoms with Crippen LogP contribution in [-0.2, 0) is 0 Å². The monoisotopic (exact) mass is 361 g/mol. The number of hydrogen-bond acceptors (Lipinski definition) is 5. The second-order valence-electron chi connectivity index (χ2n) is 5.92. The lowest BCUT2D eigenvalue weighted by atomic mass is 10.2. The molecule has 2 N–H and O–H groups in total. The predicted octanol–water partition coefficient (Wildman–Crippen LogP) is 0.695. The van der Waals surface area contributed by atoms with Gasteiger partial charge in [0.05, 0.1) is 23.9 Å². The van der Waals surface area contributed by atoms with Crippen molar-refractivity contribution in [3.8, 4) is 17.3 Å². The third kappa shape index (κ3) is 2.95. The van der Waals surface area contributed by atoms with E-state index in [0.717, 1.165) is 15.1 Å². The number of H-pyrrole nitrogens is 1. The summed E-state index contributed by atoms with van der Waals surface area (Å²) in [4.78, 5) is 31.2. The summed E-state index contributed by atoms with van der Waals surface area (Å²) in [6.07, 6.45) is 3.25. The Morgan fingerprint density at radius 1 is 1.15 bits per heavy atom. The first kappa shape index (κ1) is 16.6. The van der Waals surface area contributed by atoms with Crippen molar-refractivity contribution >= 4 is 12.2 Å². The molecule has 4 rings (SSSR count). The lowest BCUT2D eigenvalue weighted by Gasteiger charge is -2.11. The highest BCUT2D eigenvalue weighted by atomic mass is 16.5. The van der Waals surface area contributed by atoms with E-state index in [1.54, 1.807) is 30.3 Å². The van der Waals surface area contributed by atoms with Crippen LogP contribution in [0.25, 0.3) is 17.8 Å². The molecule has 0 saturated heterocycles. The number of aromatic amines is 1. The summed E-state index contributed by atoms with van der Waals surface area (Å²) >= 11 is 0. The highest BCUT2D eigenvalue weighted by molar-refractivity contribution is 5.67. The molecule has 0 fully saturated rings. The standard InChI is InChI=1S/C20H15N3O4/c1-27-15-7-4-6-14(11-15)23-19(25)16(18(24)22-20(23)26)10-13-9-12-5-2-3-8-17(12)21-13/h2-11,25H,1H3,(H,22,24,26)/b13-10+.